The molecule has 0 heterocycles. The van der Waals surface area contributed by atoms with Gasteiger partial charge in [-0.05, 0) is 48.9 Å². The smallest absolute Gasteiger partial charge is 0.00741 e. The molecule has 2 rings (SSSR count). The summed E-state index contributed by atoms with van der Waals surface area (Å²) in [6.07, 6.45) is 4.39. The number of nitrogens with two attached hydrogens (primary N) is 1. The fourth-order valence-corrected chi connectivity index (χ4v) is 2.11. The van der Waals surface area contributed by atoms with Crippen LogP contribution in [0, 0.1) is 0 Å². The maximum absolute atomic E-state index is 5.52. The van der Waals surface area contributed by atoms with E-state index in [2.05, 4.69) is 54.6 Å². The van der Waals surface area contributed by atoms with Crippen LogP contribution in [-0.4, -0.2) is 6.54 Å². The highest BCUT2D eigenvalue weighted by molar-refractivity contribution is 5.24. The van der Waals surface area contributed by atoms with Crippen molar-refractivity contribution in [3.05, 3.63) is 71.3 Å². The Kier molecular flexibility index (Phi) is 4.98. The normalized spacial score (nSPS) is 10.5. The van der Waals surface area contributed by atoms with Gasteiger partial charge in [0, 0.05) is 0 Å². The quantitative estimate of drug-likeness (QED) is 0.822. The molecule has 2 N–H and O–H groups in total. The lowest BCUT2D eigenvalue weighted by molar-refractivity contribution is 0.831. The molecule has 18 heavy (non-hydrogen) atoms. The van der Waals surface area contributed by atoms with Gasteiger partial charge in [-0.1, -0.05) is 54.6 Å². The van der Waals surface area contributed by atoms with Crippen LogP contribution in [0.1, 0.15) is 23.1 Å². The number of hydrogen-bond donors (Lipinski definition) is 1. The Morgan fingerprint density at radius 3 is 1.67 bits per heavy atom. The van der Waals surface area contributed by atoms with Gasteiger partial charge in [-0.25, -0.2) is 0 Å². The van der Waals surface area contributed by atoms with Gasteiger partial charge < -0.3 is 5.73 Å². The van der Waals surface area contributed by atoms with E-state index in [4.69, 9.17) is 5.73 Å². The van der Waals surface area contributed by atoms with Crippen molar-refractivity contribution in [1.29, 1.82) is 0 Å². The van der Waals surface area contributed by atoms with E-state index in [1.54, 1.807) is 0 Å². The lowest BCUT2D eigenvalue weighted by Crippen LogP contribution is -2.00. The van der Waals surface area contributed by atoms with Crippen LogP contribution in [0.25, 0.3) is 0 Å². The highest BCUT2D eigenvalue weighted by Crippen LogP contribution is 2.10. The molecule has 0 unspecified atom stereocenters. The van der Waals surface area contributed by atoms with Gasteiger partial charge in [0.25, 0.3) is 0 Å². The standard InChI is InChI=1S/C17H21N/c18-14-4-7-16-9-12-17(13-10-16)11-8-15-5-2-1-3-6-15/h1-3,5-6,9-10,12-13H,4,7-8,11,14,18H2. The zero-order valence-electron chi connectivity index (χ0n) is 10.8. The van der Waals surface area contributed by atoms with Crippen LogP contribution >= 0.6 is 0 Å². The minimum absolute atomic E-state index is 0.774. The number of rotatable bonds is 6. The van der Waals surface area contributed by atoms with Crippen molar-refractivity contribution >= 4 is 0 Å². The average molecular weight is 239 g/mol. The van der Waals surface area contributed by atoms with E-state index in [1.807, 2.05) is 0 Å². The van der Waals surface area contributed by atoms with Crippen LogP contribution in [0.3, 0.4) is 0 Å². The second kappa shape index (κ2) is 6.97. The Morgan fingerprint density at radius 2 is 1.11 bits per heavy atom. The molecule has 0 radical (unpaired) electrons. The van der Waals surface area contributed by atoms with Crippen LogP contribution in [0.15, 0.2) is 54.6 Å². The van der Waals surface area contributed by atoms with Gasteiger partial charge >= 0.3 is 0 Å². The molecular formula is C17H21N. The largest absolute Gasteiger partial charge is 0.330 e. The first-order valence-corrected chi connectivity index (χ1v) is 6.70. The summed E-state index contributed by atoms with van der Waals surface area (Å²) in [7, 11) is 0. The summed E-state index contributed by atoms with van der Waals surface area (Å²) in [6, 6.07) is 19.6. The molecule has 0 saturated carbocycles. The molecule has 0 aliphatic rings. The number of benzene rings is 2. The van der Waals surface area contributed by atoms with Gasteiger partial charge in [0.15, 0.2) is 0 Å². The van der Waals surface area contributed by atoms with Crippen LogP contribution in [0.5, 0.6) is 0 Å². The van der Waals surface area contributed by atoms with E-state index in [0.29, 0.717) is 0 Å². The molecule has 0 bridgehead atoms. The van der Waals surface area contributed by atoms with E-state index in [1.165, 1.54) is 16.7 Å². The van der Waals surface area contributed by atoms with Crippen LogP contribution in [0.2, 0.25) is 0 Å². The minimum atomic E-state index is 0.774. The lowest BCUT2D eigenvalue weighted by atomic mass is 10.0. The SMILES string of the molecule is NCCCc1ccc(CCc2ccccc2)cc1. The van der Waals surface area contributed by atoms with E-state index in [-0.39, 0.29) is 0 Å². The van der Waals surface area contributed by atoms with Crippen molar-refractivity contribution in [2.24, 2.45) is 5.73 Å². The summed E-state index contributed by atoms with van der Waals surface area (Å²) < 4.78 is 0. The molecule has 0 amide bonds. The molecular weight excluding hydrogens is 218 g/mol. The fourth-order valence-electron chi connectivity index (χ4n) is 2.11. The Hall–Kier alpha value is -1.60. The predicted octanol–water partition coefficient (Wildman–Crippen LogP) is 3.36. The molecule has 0 saturated heterocycles. The van der Waals surface area contributed by atoms with Gasteiger partial charge in [0.2, 0.25) is 0 Å². The summed E-state index contributed by atoms with van der Waals surface area (Å²) in [5.74, 6) is 0. The molecule has 0 atom stereocenters. The van der Waals surface area contributed by atoms with Gasteiger partial charge in [0.05, 0.1) is 0 Å². The van der Waals surface area contributed by atoms with Gasteiger partial charge in [-0.3, -0.25) is 0 Å². The Bertz CT molecular complexity index is 445. The first kappa shape index (κ1) is 12.8. The van der Waals surface area contributed by atoms with Gasteiger partial charge in [-0.15, -0.1) is 0 Å². The van der Waals surface area contributed by atoms with Gasteiger partial charge in [0.1, 0.15) is 0 Å². The highest BCUT2D eigenvalue weighted by atomic mass is 14.5. The fraction of sp³-hybridized carbons (Fsp3) is 0.294. The number of hydrogen-bond acceptors (Lipinski definition) is 1. The zero-order valence-corrected chi connectivity index (χ0v) is 10.8. The second-order valence-corrected chi connectivity index (χ2v) is 4.69. The summed E-state index contributed by atoms with van der Waals surface area (Å²) in [5.41, 5.74) is 9.73. The summed E-state index contributed by atoms with van der Waals surface area (Å²) in [4.78, 5) is 0. The van der Waals surface area contributed by atoms with Gasteiger partial charge in [-0.2, -0.15) is 0 Å². The van der Waals surface area contributed by atoms with Crippen LogP contribution < -0.4 is 5.73 Å². The van der Waals surface area contributed by atoms with Crippen molar-refractivity contribution in [2.75, 3.05) is 6.54 Å². The molecule has 94 valence electrons. The molecule has 1 nitrogen and oxygen atoms in total. The Morgan fingerprint density at radius 1 is 0.611 bits per heavy atom. The second-order valence-electron chi connectivity index (χ2n) is 4.69. The molecule has 0 aromatic heterocycles. The minimum Gasteiger partial charge on any atom is -0.330 e. The van der Waals surface area contributed by atoms with Crippen molar-refractivity contribution in [1.82, 2.24) is 0 Å². The summed E-state index contributed by atoms with van der Waals surface area (Å²) in [5, 5.41) is 0. The lowest BCUT2D eigenvalue weighted by Gasteiger charge is -2.04. The third kappa shape index (κ3) is 4.01. The first-order chi connectivity index (χ1) is 8.88. The molecule has 0 fully saturated rings. The van der Waals surface area contributed by atoms with Crippen LogP contribution in [-0.2, 0) is 19.3 Å². The number of aryl methyl sites for hydroxylation is 3. The molecule has 0 spiro atoms. The molecule has 2 aromatic carbocycles. The molecule has 1 heteroatoms. The van der Waals surface area contributed by atoms with E-state index >= 15 is 0 Å². The molecule has 2 aromatic rings. The van der Waals surface area contributed by atoms with E-state index in [0.717, 1.165) is 32.2 Å². The molecule has 0 aliphatic heterocycles. The summed E-state index contributed by atoms with van der Waals surface area (Å²) >= 11 is 0. The van der Waals surface area contributed by atoms with Crippen molar-refractivity contribution in [3.63, 3.8) is 0 Å². The summed E-state index contributed by atoms with van der Waals surface area (Å²) in [6.45, 7) is 0.774. The highest BCUT2D eigenvalue weighted by Gasteiger charge is 1.97. The van der Waals surface area contributed by atoms with E-state index < -0.39 is 0 Å². The van der Waals surface area contributed by atoms with Crippen molar-refractivity contribution in [2.45, 2.75) is 25.7 Å². The molecule has 0 aliphatic carbocycles. The third-order valence-corrected chi connectivity index (χ3v) is 3.24. The Labute approximate surface area is 110 Å². The van der Waals surface area contributed by atoms with Crippen LogP contribution in [0.4, 0.5) is 0 Å². The maximum Gasteiger partial charge on any atom is -0.00741 e. The zero-order chi connectivity index (χ0) is 12.6. The first-order valence-electron chi connectivity index (χ1n) is 6.70. The van der Waals surface area contributed by atoms with E-state index in [9.17, 15) is 0 Å². The monoisotopic (exact) mass is 239 g/mol. The van der Waals surface area contributed by atoms with Crippen molar-refractivity contribution in [3.8, 4) is 0 Å². The topological polar surface area (TPSA) is 26.0 Å². The van der Waals surface area contributed by atoms with Crippen molar-refractivity contribution < 1.29 is 0 Å². The average Bonchev–Trinajstić information content (AvgIpc) is 2.45. The maximum atomic E-state index is 5.52. The third-order valence-electron chi connectivity index (χ3n) is 3.24. The Balaban J connectivity index is 1.86. The predicted molar refractivity (Wildman–Crippen MR) is 77.7 cm³/mol.